The fraction of sp³-hybridized carbons (Fsp3) is 0.889. The quantitative estimate of drug-likeness (QED) is 0.844. The molecule has 0 aromatic heterocycles. The monoisotopic (exact) mass is 324 g/mol. The number of hydrogen-bond donors (Lipinski definition) is 1. The van der Waals surface area contributed by atoms with Crippen LogP contribution in [0.25, 0.3) is 0 Å². The van der Waals surface area contributed by atoms with Crippen molar-refractivity contribution in [1.29, 1.82) is 0 Å². The van der Waals surface area contributed by atoms with Crippen LogP contribution in [-0.2, 0) is 9.59 Å². The molecule has 1 saturated heterocycles. The van der Waals surface area contributed by atoms with Crippen molar-refractivity contribution in [2.24, 2.45) is 11.8 Å². The summed E-state index contributed by atoms with van der Waals surface area (Å²) in [6, 6.07) is 0.276. The summed E-state index contributed by atoms with van der Waals surface area (Å²) in [5.41, 5.74) is 0. The van der Waals surface area contributed by atoms with Crippen LogP contribution in [0.4, 0.5) is 0 Å². The van der Waals surface area contributed by atoms with E-state index in [2.05, 4.69) is 6.92 Å². The normalized spacial score (nSPS) is 29.3. The molecule has 3 unspecified atom stereocenters. The average molecular weight is 324 g/mol. The lowest BCUT2D eigenvalue weighted by Gasteiger charge is -2.29. The molecule has 23 heavy (non-hydrogen) atoms. The van der Waals surface area contributed by atoms with Crippen LogP contribution in [-0.4, -0.2) is 59.5 Å². The second kappa shape index (κ2) is 8.67. The van der Waals surface area contributed by atoms with Crippen LogP contribution in [0, 0.1) is 11.8 Å². The minimum Gasteiger partial charge on any atom is -0.480 e. The van der Waals surface area contributed by atoms with Crippen LogP contribution in [0.5, 0.6) is 0 Å². The van der Waals surface area contributed by atoms with Crippen molar-refractivity contribution in [2.45, 2.75) is 64.3 Å². The number of likely N-dealkylation sites (tertiary alicyclic amines) is 1. The third-order valence-electron chi connectivity index (χ3n) is 5.57. The first kappa shape index (κ1) is 18.2. The Morgan fingerprint density at radius 3 is 2.61 bits per heavy atom. The highest BCUT2D eigenvalue weighted by Gasteiger charge is 2.27. The lowest BCUT2D eigenvalue weighted by atomic mass is 9.80. The van der Waals surface area contributed by atoms with Gasteiger partial charge in [0.2, 0.25) is 5.91 Å². The Morgan fingerprint density at radius 1 is 1.13 bits per heavy atom. The number of amides is 1. The van der Waals surface area contributed by atoms with Crippen LogP contribution in [0.1, 0.15) is 58.3 Å². The van der Waals surface area contributed by atoms with Crippen LogP contribution in [0.15, 0.2) is 0 Å². The molecule has 1 aliphatic heterocycles. The summed E-state index contributed by atoms with van der Waals surface area (Å²) in [4.78, 5) is 27.4. The Hall–Kier alpha value is -1.10. The molecule has 0 radical (unpaired) electrons. The van der Waals surface area contributed by atoms with Crippen LogP contribution in [0.2, 0.25) is 0 Å². The number of nitrogens with zero attached hydrogens (tertiary/aromatic N) is 2. The molecule has 1 heterocycles. The molecule has 2 fully saturated rings. The van der Waals surface area contributed by atoms with Gasteiger partial charge in [0.05, 0.1) is 6.54 Å². The molecule has 0 spiro atoms. The third-order valence-corrected chi connectivity index (χ3v) is 5.57. The van der Waals surface area contributed by atoms with Crippen LogP contribution in [0.3, 0.4) is 0 Å². The van der Waals surface area contributed by atoms with E-state index in [1.54, 1.807) is 0 Å². The molecule has 1 amide bonds. The van der Waals surface area contributed by atoms with Gasteiger partial charge in [-0.3, -0.25) is 14.5 Å². The smallest absolute Gasteiger partial charge is 0.317 e. The number of carboxylic acid groups (broad SMARTS) is 1. The summed E-state index contributed by atoms with van der Waals surface area (Å²) >= 11 is 0. The maximum absolute atomic E-state index is 12.6. The molecule has 1 saturated carbocycles. The van der Waals surface area contributed by atoms with Crippen molar-refractivity contribution in [3.05, 3.63) is 0 Å². The molecule has 132 valence electrons. The van der Waals surface area contributed by atoms with E-state index < -0.39 is 5.97 Å². The summed E-state index contributed by atoms with van der Waals surface area (Å²) in [7, 11) is 1.87. The Kier molecular flexibility index (Phi) is 6.88. The molecule has 0 aromatic carbocycles. The topological polar surface area (TPSA) is 60.9 Å². The predicted molar refractivity (Wildman–Crippen MR) is 90.2 cm³/mol. The molecular formula is C18H32N2O3. The number of carbonyl (C=O) groups is 2. The van der Waals surface area contributed by atoms with Crippen LogP contribution < -0.4 is 0 Å². The van der Waals surface area contributed by atoms with Crippen LogP contribution >= 0.6 is 0 Å². The van der Waals surface area contributed by atoms with Gasteiger partial charge >= 0.3 is 5.97 Å². The molecule has 5 heteroatoms. The number of carboxylic acids is 1. The van der Waals surface area contributed by atoms with Crippen molar-refractivity contribution < 1.29 is 14.7 Å². The number of likely N-dealkylation sites (N-methyl/N-ethyl adjacent to an activating group) is 1. The largest absolute Gasteiger partial charge is 0.480 e. The Bertz CT molecular complexity index is 413. The first-order valence-corrected chi connectivity index (χ1v) is 9.15. The van der Waals surface area contributed by atoms with E-state index in [0.29, 0.717) is 18.2 Å². The fourth-order valence-electron chi connectivity index (χ4n) is 4.23. The van der Waals surface area contributed by atoms with Gasteiger partial charge in [-0.25, -0.2) is 0 Å². The lowest BCUT2D eigenvalue weighted by molar-refractivity contribution is -0.138. The molecular weight excluding hydrogens is 292 g/mol. The average Bonchev–Trinajstić information content (AvgIpc) is 2.72. The van der Waals surface area contributed by atoms with Gasteiger partial charge in [0.15, 0.2) is 0 Å². The minimum atomic E-state index is -0.781. The number of aliphatic carboxylic acids is 1. The number of carbonyl (C=O) groups excluding carboxylic acids is 1. The van der Waals surface area contributed by atoms with E-state index in [-0.39, 0.29) is 12.6 Å². The molecule has 2 rings (SSSR count). The van der Waals surface area contributed by atoms with E-state index in [0.717, 1.165) is 38.3 Å². The van der Waals surface area contributed by atoms with Crippen molar-refractivity contribution in [3.8, 4) is 0 Å². The van der Waals surface area contributed by atoms with E-state index in [4.69, 9.17) is 5.11 Å². The molecule has 0 aromatic rings. The van der Waals surface area contributed by atoms with Crippen molar-refractivity contribution in [2.75, 3.05) is 26.7 Å². The van der Waals surface area contributed by atoms with E-state index in [9.17, 15) is 9.59 Å². The Balaban J connectivity index is 1.80. The summed E-state index contributed by atoms with van der Waals surface area (Å²) in [6.07, 6.45) is 8.52. The zero-order chi connectivity index (χ0) is 16.8. The molecule has 5 nitrogen and oxygen atoms in total. The van der Waals surface area contributed by atoms with Gasteiger partial charge in [-0.15, -0.1) is 0 Å². The number of hydrogen-bond acceptors (Lipinski definition) is 3. The standard InChI is InChI=1S/C18H32N2O3/c1-14-5-3-6-15(11-14)12-17(21)20-9-4-7-16(8-10-20)19(2)13-18(22)23/h14-16H,3-13H2,1-2H3,(H,22,23). The maximum Gasteiger partial charge on any atom is 0.317 e. The van der Waals surface area contributed by atoms with Crippen molar-refractivity contribution in [3.63, 3.8) is 0 Å². The van der Waals surface area contributed by atoms with Crippen molar-refractivity contribution >= 4 is 11.9 Å². The van der Waals surface area contributed by atoms with E-state index in [1.807, 2.05) is 16.8 Å². The van der Waals surface area contributed by atoms with Gasteiger partial charge in [0.1, 0.15) is 0 Å². The first-order chi connectivity index (χ1) is 11.0. The third kappa shape index (κ3) is 5.79. The van der Waals surface area contributed by atoms with Gasteiger partial charge < -0.3 is 10.0 Å². The summed E-state index contributed by atoms with van der Waals surface area (Å²) in [5.74, 6) is 0.862. The van der Waals surface area contributed by atoms with E-state index >= 15 is 0 Å². The fourth-order valence-corrected chi connectivity index (χ4v) is 4.23. The second-order valence-corrected chi connectivity index (χ2v) is 7.62. The lowest BCUT2D eigenvalue weighted by Crippen LogP contribution is -2.37. The molecule has 0 bridgehead atoms. The molecule has 1 N–H and O–H groups in total. The highest BCUT2D eigenvalue weighted by atomic mass is 16.4. The molecule has 2 aliphatic rings. The van der Waals surface area contributed by atoms with Gasteiger partial charge in [-0.05, 0) is 51.0 Å². The first-order valence-electron chi connectivity index (χ1n) is 9.15. The van der Waals surface area contributed by atoms with E-state index in [1.165, 1.54) is 25.7 Å². The highest BCUT2D eigenvalue weighted by molar-refractivity contribution is 5.76. The van der Waals surface area contributed by atoms with Gasteiger partial charge in [-0.1, -0.05) is 19.8 Å². The Morgan fingerprint density at radius 2 is 1.91 bits per heavy atom. The maximum atomic E-state index is 12.6. The SMILES string of the molecule is CC1CCCC(CC(=O)N2CCCC(N(C)CC(=O)O)CC2)C1. The summed E-state index contributed by atoms with van der Waals surface area (Å²) in [5, 5.41) is 8.92. The minimum absolute atomic E-state index is 0.0819. The Labute approximate surface area is 140 Å². The molecule has 3 atom stereocenters. The zero-order valence-corrected chi connectivity index (χ0v) is 14.7. The molecule has 1 aliphatic carbocycles. The van der Waals surface area contributed by atoms with Crippen molar-refractivity contribution in [1.82, 2.24) is 9.80 Å². The predicted octanol–water partition coefficient (Wildman–Crippen LogP) is 2.60. The van der Waals surface area contributed by atoms with Gasteiger partial charge in [-0.2, -0.15) is 0 Å². The zero-order valence-electron chi connectivity index (χ0n) is 14.7. The summed E-state index contributed by atoms with van der Waals surface area (Å²) < 4.78 is 0. The highest BCUT2D eigenvalue weighted by Crippen LogP contribution is 2.31. The van der Waals surface area contributed by atoms with Gasteiger partial charge in [0, 0.05) is 25.6 Å². The number of rotatable bonds is 5. The summed E-state index contributed by atoms with van der Waals surface area (Å²) in [6.45, 7) is 3.98. The second-order valence-electron chi connectivity index (χ2n) is 7.62. The van der Waals surface area contributed by atoms with Gasteiger partial charge in [0.25, 0.3) is 0 Å².